The molecule has 1 aromatic carbocycles. The summed E-state index contributed by atoms with van der Waals surface area (Å²) in [6.45, 7) is 9.51. The minimum atomic E-state index is -0.135. The third-order valence-corrected chi connectivity index (χ3v) is 3.84. The van der Waals surface area contributed by atoms with Crippen molar-refractivity contribution in [3.8, 4) is 0 Å². The third kappa shape index (κ3) is 4.79. The highest BCUT2D eigenvalue weighted by molar-refractivity contribution is 5.95. The Morgan fingerprint density at radius 1 is 1.18 bits per heavy atom. The number of carbonyl (C=O) groups is 1. The molecule has 0 aromatic heterocycles. The summed E-state index contributed by atoms with van der Waals surface area (Å²) in [6, 6.07) is 8.50. The van der Waals surface area contributed by atoms with Crippen molar-refractivity contribution in [3.63, 3.8) is 0 Å². The predicted octanol–water partition coefficient (Wildman–Crippen LogP) is 4.11. The Hall–Kier alpha value is -1.45. The van der Waals surface area contributed by atoms with E-state index in [0.717, 1.165) is 24.0 Å². The molecule has 0 saturated carbocycles. The molecule has 0 radical (unpaired) electrons. The van der Waals surface area contributed by atoms with Gasteiger partial charge in [0.25, 0.3) is 0 Å². The van der Waals surface area contributed by atoms with Gasteiger partial charge in [0, 0.05) is 6.42 Å². The maximum Gasteiger partial charge on any atom is 0.158 e. The Balaban J connectivity index is 2.12. The van der Waals surface area contributed by atoms with Gasteiger partial charge in [0.05, 0.1) is 13.2 Å². The predicted molar refractivity (Wildman–Crippen MR) is 88.7 cm³/mol. The van der Waals surface area contributed by atoms with E-state index in [1.54, 1.807) is 13.0 Å². The molecule has 120 valence electrons. The molecule has 22 heavy (non-hydrogen) atoms. The minimum Gasteiger partial charge on any atom is -0.350 e. The lowest BCUT2D eigenvalue weighted by molar-refractivity contribution is -0.112. The minimum absolute atomic E-state index is 0.0724. The lowest BCUT2D eigenvalue weighted by Gasteiger charge is -2.19. The van der Waals surface area contributed by atoms with Crippen LogP contribution in [0.2, 0.25) is 0 Å². The lowest BCUT2D eigenvalue weighted by Crippen LogP contribution is -2.11. The van der Waals surface area contributed by atoms with Gasteiger partial charge in [-0.25, -0.2) is 0 Å². The Morgan fingerprint density at radius 2 is 1.77 bits per heavy atom. The Labute approximate surface area is 133 Å². The SMILES string of the molecule is CC(=O)/C=C(\CCC1OCCO1)c1ccc(C(C)(C)C)cc1. The first-order valence-corrected chi connectivity index (χ1v) is 7.91. The second kappa shape index (κ2) is 7.21. The largest absolute Gasteiger partial charge is 0.350 e. The molecular weight excluding hydrogens is 276 g/mol. The standard InChI is InChI=1S/C19H26O3/c1-14(20)13-16(7-10-18-21-11-12-22-18)15-5-8-17(9-6-15)19(2,3)4/h5-6,8-9,13,18H,7,10-12H2,1-4H3/b16-13+. The molecular formula is C19H26O3. The fraction of sp³-hybridized carbons (Fsp3) is 0.526. The molecule has 0 spiro atoms. The zero-order chi connectivity index (χ0) is 16.2. The topological polar surface area (TPSA) is 35.5 Å². The summed E-state index contributed by atoms with van der Waals surface area (Å²) in [4.78, 5) is 11.5. The summed E-state index contributed by atoms with van der Waals surface area (Å²) in [5.74, 6) is 0.0724. The van der Waals surface area contributed by atoms with Gasteiger partial charge in [-0.15, -0.1) is 0 Å². The second-order valence-corrected chi connectivity index (χ2v) is 6.82. The van der Waals surface area contributed by atoms with Gasteiger partial charge < -0.3 is 9.47 Å². The third-order valence-electron chi connectivity index (χ3n) is 3.84. The second-order valence-electron chi connectivity index (χ2n) is 6.82. The molecule has 1 fully saturated rings. The van der Waals surface area contributed by atoms with Crippen LogP contribution < -0.4 is 0 Å². The van der Waals surface area contributed by atoms with E-state index in [4.69, 9.17) is 9.47 Å². The van der Waals surface area contributed by atoms with Gasteiger partial charge in [-0.2, -0.15) is 0 Å². The summed E-state index contributed by atoms with van der Waals surface area (Å²) < 4.78 is 10.9. The van der Waals surface area contributed by atoms with Gasteiger partial charge in [-0.1, -0.05) is 45.0 Å². The molecule has 0 amide bonds. The van der Waals surface area contributed by atoms with Crippen molar-refractivity contribution in [1.82, 2.24) is 0 Å². The number of rotatable bonds is 5. The zero-order valence-electron chi connectivity index (χ0n) is 14.0. The van der Waals surface area contributed by atoms with E-state index in [1.807, 2.05) is 0 Å². The van der Waals surface area contributed by atoms with E-state index >= 15 is 0 Å². The van der Waals surface area contributed by atoms with Gasteiger partial charge in [0.1, 0.15) is 0 Å². The smallest absolute Gasteiger partial charge is 0.158 e. The van der Waals surface area contributed by atoms with Gasteiger partial charge >= 0.3 is 0 Å². The molecule has 3 heteroatoms. The van der Waals surface area contributed by atoms with Gasteiger partial charge in [0.2, 0.25) is 0 Å². The molecule has 0 N–H and O–H groups in total. The molecule has 0 aliphatic carbocycles. The van der Waals surface area contributed by atoms with Crippen LogP contribution in [0.4, 0.5) is 0 Å². The molecule has 0 atom stereocenters. The number of hydrogen-bond acceptors (Lipinski definition) is 3. The molecule has 1 aliphatic rings. The summed E-state index contributed by atoms with van der Waals surface area (Å²) in [5, 5.41) is 0. The number of carbonyl (C=O) groups excluding carboxylic acids is 1. The molecule has 1 heterocycles. The van der Waals surface area contributed by atoms with E-state index < -0.39 is 0 Å². The summed E-state index contributed by atoms with van der Waals surface area (Å²) in [7, 11) is 0. The number of ketones is 1. The lowest BCUT2D eigenvalue weighted by atomic mass is 9.86. The van der Waals surface area contributed by atoms with Crippen LogP contribution in [-0.4, -0.2) is 25.3 Å². The van der Waals surface area contributed by atoms with Crippen molar-refractivity contribution in [2.75, 3.05) is 13.2 Å². The van der Waals surface area contributed by atoms with Crippen LogP contribution in [-0.2, 0) is 19.7 Å². The van der Waals surface area contributed by atoms with Crippen LogP contribution in [0.3, 0.4) is 0 Å². The van der Waals surface area contributed by atoms with Crippen LogP contribution in [0.1, 0.15) is 51.7 Å². The maximum atomic E-state index is 11.5. The molecule has 3 nitrogen and oxygen atoms in total. The van der Waals surface area contributed by atoms with Gasteiger partial charge in [-0.3, -0.25) is 4.79 Å². The molecule has 0 unspecified atom stereocenters. The van der Waals surface area contributed by atoms with Crippen LogP contribution in [0.15, 0.2) is 30.3 Å². The van der Waals surface area contributed by atoms with Crippen LogP contribution >= 0.6 is 0 Å². The number of allylic oxidation sites excluding steroid dienone is 2. The van der Waals surface area contributed by atoms with E-state index in [-0.39, 0.29) is 17.5 Å². The Morgan fingerprint density at radius 3 is 2.27 bits per heavy atom. The molecule has 2 rings (SSSR count). The fourth-order valence-corrected chi connectivity index (χ4v) is 2.58. The summed E-state index contributed by atoms with van der Waals surface area (Å²) in [5.41, 5.74) is 3.57. The highest BCUT2D eigenvalue weighted by atomic mass is 16.7. The summed E-state index contributed by atoms with van der Waals surface area (Å²) >= 11 is 0. The number of ether oxygens (including phenoxy) is 2. The van der Waals surface area contributed by atoms with Crippen LogP contribution in [0, 0.1) is 0 Å². The maximum absolute atomic E-state index is 11.5. The zero-order valence-corrected chi connectivity index (χ0v) is 14.0. The molecule has 1 saturated heterocycles. The first-order chi connectivity index (χ1) is 10.4. The van der Waals surface area contributed by atoms with Crippen molar-refractivity contribution in [2.45, 2.75) is 52.2 Å². The quantitative estimate of drug-likeness (QED) is 0.768. The highest BCUT2D eigenvalue weighted by Crippen LogP contribution is 2.27. The van der Waals surface area contributed by atoms with Crippen molar-refractivity contribution < 1.29 is 14.3 Å². The molecule has 1 aliphatic heterocycles. The van der Waals surface area contributed by atoms with E-state index in [0.29, 0.717) is 13.2 Å². The number of benzene rings is 1. The van der Waals surface area contributed by atoms with E-state index in [1.165, 1.54) is 5.56 Å². The Kier molecular flexibility index (Phi) is 5.54. The molecule has 0 bridgehead atoms. The van der Waals surface area contributed by atoms with Crippen molar-refractivity contribution >= 4 is 11.4 Å². The van der Waals surface area contributed by atoms with Gasteiger partial charge in [-0.05, 0) is 41.5 Å². The fourth-order valence-electron chi connectivity index (χ4n) is 2.58. The number of hydrogen-bond donors (Lipinski definition) is 0. The van der Waals surface area contributed by atoms with Crippen LogP contribution in [0.25, 0.3) is 5.57 Å². The average molecular weight is 302 g/mol. The Bertz CT molecular complexity index is 529. The molecule has 1 aromatic rings. The van der Waals surface area contributed by atoms with Crippen molar-refractivity contribution in [2.24, 2.45) is 0 Å². The monoisotopic (exact) mass is 302 g/mol. The van der Waals surface area contributed by atoms with Crippen molar-refractivity contribution in [1.29, 1.82) is 0 Å². The van der Waals surface area contributed by atoms with Gasteiger partial charge in [0.15, 0.2) is 12.1 Å². The average Bonchev–Trinajstić information content (AvgIpc) is 2.95. The first-order valence-electron chi connectivity index (χ1n) is 7.91. The van der Waals surface area contributed by atoms with E-state index in [9.17, 15) is 4.79 Å². The van der Waals surface area contributed by atoms with Crippen LogP contribution in [0.5, 0.6) is 0 Å². The highest BCUT2D eigenvalue weighted by Gasteiger charge is 2.17. The first kappa shape index (κ1) is 16.9. The van der Waals surface area contributed by atoms with Crippen molar-refractivity contribution in [3.05, 3.63) is 41.5 Å². The normalized spacial score (nSPS) is 17.0. The van der Waals surface area contributed by atoms with E-state index in [2.05, 4.69) is 45.0 Å². The summed E-state index contributed by atoms with van der Waals surface area (Å²) in [6.07, 6.45) is 3.14.